The van der Waals surface area contributed by atoms with E-state index in [9.17, 15) is 13.9 Å². The fourth-order valence-electron chi connectivity index (χ4n) is 1.63. The summed E-state index contributed by atoms with van der Waals surface area (Å²) >= 11 is 2.96. The van der Waals surface area contributed by atoms with Crippen LogP contribution < -0.4 is 4.74 Å². The van der Waals surface area contributed by atoms with Crippen molar-refractivity contribution in [1.82, 2.24) is 4.98 Å². The maximum atomic E-state index is 13.9. The van der Waals surface area contributed by atoms with Gasteiger partial charge in [-0.25, -0.2) is 13.8 Å². The third-order valence-electron chi connectivity index (χ3n) is 2.64. The number of aliphatic hydroxyl groups is 1. The number of aliphatic hydroxyl groups excluding tert-OH is 1. The molecule has 0 radical (unpaired) electrons. The van der Waals surface area contributed by atoms with Gasteiger partial charge in [0.25, 0.3) is 0 Å². The van der Waals surface area contributed by atoms with Gasteiger partial charge in [0.1, 0.15) is 17.7 Å². The lowest BCUT2D eigenvalue weighted by molar-refractivity contribution is 0.208. The van der Waals surface area contributed by atoms with Crippen LogP contribution in [0.15, 0.2) is 34.9 Å². The average Bonchev–Trinajstić information content (AvgIpc) is 2.43. The summed E-state index contributed by atoms with van der Waals surface area (Å²) in [4.78, 5) is 3.89. The average molecular weight is 330 g/mol. The van der Waals surface area contributed by atoms with E-state index in [2.05, 4.69) is 20.9 Å². The fourth-order valence-corrected chi connectivity index (χ4v) is 1.98. The number of benzene rings is 1. The topological polar surface area (TPSA) is 42.4 Å². The minimum absolute atomic E-state index is 0.0874. The molecule has 0 saturated carbocycles. The van der Waals surface area contributed by atoms with E-state index in [1.165, 1.54) is 31.5 Å². The van der Waals surface area contributed by atoms with Crippen LogP contribution in [0.3, 0.4) is 0 Å². The van der Waals surface area contributed by atoms with Crippen molar-refractivity contribution < 1.29 is 18.6 Å². The van der Waals surface area contributed by atoms with Crippen LogP contribution >= 0.6 is 15.9 Å². The minimum atomic E-state index is -1.43. The molecule has 1 aromatic carbocycles. The van der Waals surface area contributed by atoms with Gasteiger partial charge in [-0.15, -0.1) is 0 Å². The van der Waals surface area contributed by atoms with E-state index >= 15 is 0 Å². The highest BCUT2D eigenvalue weighted by Crippen LogP contribution is 2.30. The first kappa shape index (κ1) is 13.9. The number of aromatic nitrogens is 1. The SMILES string of the molecule is COc1ccc(C(O)c2c(F)ccc(Br)c2F)cn1. The molecule has 0 spiro atoms. The van der Waals surface area contributed by atoms with Crippen LogP contribution in [0.2, 0.25) is 0 Å². The Morgan fingerprint density at radius 1 is 1.26 bits per heavy atom. The number of halogens is 3. The van der Waals surface area contributed by atoms with Crippen molar-refractivity contribution in [2.75, 3.05) is 7.11 Å². The number of nitrogens with zero attached hydrogens (tertiary/aromatic N) is 1. The Kier molecular flexibility index (Phi) is 4.11. The molecule has 6 heteroatoms. The first-order chi connectivity index (χ1) is 9.04. The molecule has 1 N–H and O–H groups in total. The van der Waals surface area contributed by atoms with E-state index in [0.717, 1.165) is 6.07 Å². The van der Waals surface area contributed by atoms with Crippen LogP contribution in [0, 0.1) is 11.6 Å². The second-order valence-corrected chi connectivity index (χ2v) is 4.65. The first-order valence-electron chi connectivity index (χ1n) is 5.36. The van der Waals surface area contributed by atoms with E-state index < -0.39 is 23.3 Å². The van der Waals surface area contributed by atoms with Gasteiger partial charge in [0.15, 0.2) is 0 Å². The van der Waals surface area contributed by atoms with Gasteiger partial charge in [-0.3, -0.25) is 0 Å². The Morgan fingerprint density at radius 3 is 2.58 bits per heavy atom. The first-order valence-corrected chi connectivity index (χ1v) is 6.15. The molecule has 0 aliphatic rings. The molecular weight excluding hydrogens is 320 g/mol. The van der Waals surface area contributed by atoms with Gasteiger partial charge >= 0.3 is 0 Å². The van der Waals surface area contributed by atoms with Gasteiger partial charge in [-0.1, -0.05) is 0 Å². The Morgan fingerprint density at radius 2 is 2.00 bits per heavy atom. The summed E-state index contributed by atoms with van der Waals surface area (Å²) in [5, 5.41) is 10.1. The lowest BCUT2D eigenvalue weighted by atomic mass is 10.0. The van der Waals surface area contributed by atoms with Crippen molar-refractivity contribution in [1.29, 1.82) is 0 Å². The van der Waals surface area contributed by atoms with E-state index in [1.807, 2.05) is 0 Å². The van der Waals surface area contributed by atoms with E-state index in [4.69, 9.17) is 4.74 Å². The van der Waals surface area contributed by atoms with Crippen LogP contribution in [0.1, 0.15) is 17.2 Å². The lowest BCUT2D eigenvalue weighted by Crippen LogP contribution is -2.07. The van der Waals surface area contributed by atoms with Gasteiger partial charge in [0.2, 0.25) is 5.88 Å². The number of pyridine rings is 1. The maximum absolute atomic E-state index is 13.9. The molecule has 1 aromatic heterocycles. The van der Waals surface area contributed by atoms with Crippen molar-refractivity contribution in [3.63, 3.8) is 0 Å². The summed E-state index contributed by atoms with van der Waals surface area (Å²) in [6.45, 7) is 0. The van der Waals surface area contributed by atoms with Gasteiger partial charge in [-0.2, -0.15) is 0 Å². The number of hydrogen-bond acceptors (Lipinski definition) is 3. The molecule has 0 aliphatic carbocycles. The molecule has 1 unspecified atom stereocenters. The summed E-state index contributed by atoms with van der Waals surface area (Å²) in [7, 11) is 1.45. The van der Waals surface area contributed by atoms with Crippen LogP contribution in [0.25, 0.3) is 0 Å². The zero-order chi connectivity index (χ0) is 14.0. The molecule has 19 heavy (non-hydrogen) atoms. The summed E-state index contributed by atoms with van der Waals surface area (Å²) in [6.07, 6.45) is -0.126. The Bertz CT molecular complexity index is 590. The molecule has 100 valence electrons. The van der Waals surface area contributed by atoms with Gasteiger partial charge < -0.3 is 9.84 Å². The summed E-state index contributed by atoms with van der Waals surface area (Å²) < 4.78 is 32.5. The highest BCUT2D eigenvalue weighted by Gasteiger charge is 2.21. The Labute approximate surface area is 117 Å². The lowest BCUT2D eigenvalue weighted by Gasteiger charge is -2.14. The number of methoxy groups -OCH3 is 1. The number of rotatable bonds is 3. The van der Waals surface area contributed by atoms with Crippen molar-refractivity contribution in [2.24, 2.45) is 0 Å². The van der Waals surface area contributed by atoms with Crippen molar-refractivity contribution in [3.05, 3.63) is 57.7 Å². The quantitative estimate of drug-likeness (QED) is 0.879. The second kappa shape index (κ2) is 5.63. The summed E-state index contributed by atoms with van der Waals surface area (Å²) in [5.74, 6) is -1.29. The predicted octanol–water partition coefficient (Wildman–Crippen LogP) is 3.21. The summed E-state index contributed by atoms with van der Waals surface area (Å²) in [5.41, 5.74) is -0.141. The highest BCUT2D eigenvalue weighted by atomic mass is 79.9. The van der Waals surface area contributed by atoms with Crippen LogP contribution in [0.5, 0.6) is 5.88 Å². The second-order valence-electron chi connectivity index (χ2n) is 3.79. The maximum Gasteiger partial charge on any atom is 0.212 e. The van der Waals surface area contributed by atoms with Crippen LogP contribution in [0.4, 0.5) is 8.78 Å². The molecule has 0 amide bonds. The van der Waals surface area contributed by atoms with Crippen LogP contribution in [-0.4, -0.2) is 17.2 Å². The van der Waals surface area contributed by atoms with Crippen molar-refractivity contribution in [3.8, 4) is 5.88 Å². The highest BCUT2D eigenvalue weighted by molar-refractivity contribution is 9.10. The van der Waals surface area contributed by atoms with E-state index in [0.29, 0.717) is 5.88 Å². The molecule has 2 aromatic rings. The van der Waals surface area contributed by atoms with E-state index in [-0.39, 0.29) is 10.0 Å². The standard InChI is InChI=1S/C13H10BrF2NO2/c1-19-10-5-2-7(6-17-10)13(18)11-9(15)4-3-8(14)12(11)16/h2-6,13,18H,1H3. The van der Waals surface area contributed by atoms with E-state index in [1.54, 1.807) is 0 Å². The molecule has 2 rings (SSSR count). The number of hydrogen-bond donors (Lipinski definition) is 1. The van der Waals surface area contributed by atoms with Gasteiger partial charge in [0.05, 0.1) is 17.1 Å². The monoisotopic (exact) mass is 329 g/mol. The molecule has 0 fully saturated rings. The molecule has 0 saturated heterocycles. The zero-order valence-electron chi connectivity index (χ0n) is 9.90. The van der Waals surface area contributed by atoms with Crippen molar-refractivity contribution in [2.45, 2.75) is 6.10 Å². The number of ether oxygens (including phenoxy) is 1. The van der Waals surface area contributed by atoms with Crippen molar-refractivity contribution >= 4 is 15.9 Å². The molecule has 1 heterocycles. The van der Waals surface area contributed by atoms with Gasteiger partial charge in [0, 0.05) is 17.8 Å². The largest absolute Gasteiger partial charge is 0.481 e. The van der Waals surface area contributed by atoms with Crippen LogP contribution in [-0.2, 0) is 0 Å². The molecular formula is C13H10BrF2NO2. The molecule has 0 aliphatic heterocycles. The molecule has 0 bridgehead atoms. The fraction of sp³-hybridized carbons (Fsp3) is 0.154. The van der Waals surface area contributed by atoms with Gasteiger partial charge in [-0.05, 0) is 34.1 Å². The molecule has 3 nitrogen and oxygen atoms in total. The Balaban J connectivity index is 2.43. The minimum Gasteiger partial charge on any atom is -0.481 e. The summed E-state index contributed by atoms with van der Waals surface area (Å²) in [6, 6.07) is 5.33. The molecule has 1 atom stereocenters. The normalized spacial score (nSPS) is 12.3. The Hall–Kier alpha value is -1.53. The third-order valence-corrected chi connectivity index (χ3v) is 3.25. The smallest absolute Gasteiger partial charge is 0.212 e. The zero-order valence-corrected chi connectivity index (χ0v) is 11.5. The predicted molar refractivity (Wildman–Crippen MR) is 68.9 cm³/mol. The third kappa shape index (κ3) is 2.74.